The molecule has 1 aromatic rings. The van der Waals surface area contributed by atoms with Gasteiger partial charge in [-0.15, -0.1) is 0 Å². The molecule has 1 heterocycles. The lowest BCUT2D eigenvalue weighted by Crippen LogP contribution is -2.51. The SMILES string of the molecule is COc1ccc(F)cc1C(=O)CN1CCN(C)CC1C. The lowest BCUT2D eigenvalue weighted by molar-refractivity contribution is 0.0745. The number of ether oxygens (including phenoxy) is 1. The lowest BCUT2D eigenvalue weighted by Gasteiger charge is -2.37. The fourth-order valence-corrected chi connectivity index (χ4v) is 2.58. The Kier molecular flexibility index (Phi) is 4.73. The summed E-state index contributed by atoms with van der Waals surface area (Å²) < 4.78 is 18.5. The number of piperazine rings is 1. The van der Waals surface area contributed by atoms with E-state index in [9.17, 15) is 9.18 Å². The third-order valence-electron chi connectivity index (χ3n) is 3.78. The highest BCUT2D eigenvalue weighted by Crippen LogP contribution is 2.21. The first-order valence-corrected chi connectivity index (χ1v) is 6.80. The van der Waals surface area contributed by atoms with Crippen LogP contribution in [0.25, 0.3) is 0 Å². The van der Waals surface area contributed by atoms with E-state index in [2.05, 4.69) is 23.8 Å². The first-order valence-electron chi connectivity index (χ1n) is 6.80. The number of carbonyl (C=O) groups excluding carboxylic acids is 1. The van der Waals surface area contributed by atoms with Gasteiger partial charge in [-0.2, -0.15) is 0 Å². The number of carbonyl (C=O) groups is 1. The maximum absolute atomic E-state index is 13.3. The van der Waals surface area contributed by atoms with Crippen molar-refractivity contribution in [2.45, 2.75) is 13.0 Å². The van der Waals surface area contributed by atoms with E-state index in [0.717, 1.165) is 19.6 Å². The molecule has 0 amide bonds. The molecule has 5 heteroatoms. The molecule has 0 radical (unpaired) electrons. The van der Waals surface area contributed by atoms with Crippen LogP contribution >= 0.6 is 0 Å². The van der Waals surface area contributed by atoms with Gasteiger partial charge in [0.1, 0.15) is 11.6 Å². The van der Waals surface area contributed by atoms with E-state index in [1.165, 1.54) is 25.3 Å². The molecule has 4 nitrogen and oxygen atoms in total. The average Bonchev–Trinajstić information content (AvgIpc) is 2.41. The molecular formula is C15H21FN2O2. The summed E-state index contributed by atoms with van der Waals surface area (Å²) in [6.45, 7) is 5.13. The normalized spacial score (nSPS) is 20.9. The molecule has 110 valence electrons. The number of rotatable bonds is 4. The highest BCUT2D eigenvalue weighted by molar-refractivity contribution is 6.00. The third kappa shape index (κ3) is 3.35. The smallest absolute Gasteiger partial charge is 0.180 e. The zero-order valence-electron chi connectivity index (χ0n) is 12.2. The summed E-state index contributed by atoms with van der Waals surface area (Å²) >= 11 is 0. The van der Waals surface area contributed by atoms with Crippen molar-refractivity contribution in [1.29, 1.82) is 0 Å². The quantitative estimate of drug-likeness (QED) is 0.785. The number of benzene rings is 1. The van der Waals surface area contributed by atoms with Gasteiger partial charge in [-0.05, 0) is 32.2 Å². The molecule has 1 aromatic carbocycles. The monoisotopic (exact) mass is 280 g/mol. The van der Waals surface area contributed by atoms with Crippen molar-refractivity contribution >= 4 is 5.78 Å². The van der Waals surface area contributed by atoms with Crippen LogP contribution < -0.4 is 4.74 Å². The van der Waals surface area contributed by atoms with Gasteiger partial charge in [0.2, 0.25) is 0 Å². The number of likely N-dealkylation sites (N-methyl/N-ethyl adjacent to an activating group) is 1. The minimum atomic E-state index is -0.416. The van der Waals surface area contributed by atoms with Crippen LogP contribution in [0.2, 0.25) is 0 Å². The molecule has 20 heavy (non-hydrogen) atoms. The van der Waals surface area contributed by atoms with E-state index in [4.69, 9.17) is 4.74 Å². The second-order valence-electron chi connectivity index (χ2n) is 5.35. The minimum Gasteiger partial charge on any atom is -0.496 e. The molecule has 1 fully saturated rings. The fraction of sp³-hybridized carbons (Fsp3) is 0.533. The molecule has 0 N–H and O–H groups in total. The average molecular weight is 280 g/mol. The Balaban J connectivity index is 2.10. The molecule has 0 aromatic heterocycles. The first kappa shape index (κ1) is 14.9. The molecule has 0 saturated carbocycles. The Bertz CT molecular complexity index is 493. The molecule has 1 unspecified atom stereocenters. The highest BCUT2D eigenvalue weighted by Gasteiger charge is 2.24. The predicted octanol–water partition coefficient (Wildman–Crippen LogP) is 1.65. The number of halogens is 1. The van der Waals surface area contributed by atoms with E-state index in [0.29, 0.717) is 23.9 Å². The fourth-order valence-electron chi connectivity index (χ4n) is 2.58. The second kappa shape index (κ2) is 6.33. The van der Waals surface area contributed by atoms with Gasteiger partial charge in [0.15, 0.2) is 5.78 Å². The second-order valence-corrected chi connectivity index (χ2v) is 5.35. The maximum atomic E-state index is 13.3. The molecular weight excluding hydrogens is 259 g/mol. The van der Waals surface area contributed by atoms with Gasteiger partial charge in [0.25, 0.3) is 0 Å². The van der Waals surface area contributed by atoms with E-state index in [1.54, 1.807) is 0 Å². The lowest BCUT2D eigenvalue weighted by atomic mass is 10.1. The van der Waals surface area contributed by atoms with E-state index >= 15 is 0 Å². The number of ketones is 1. The van der Waals surface area contributed by atoms with Gasteiger partial charge >= 0.3 is 0 Å². The molecule has 1 aliphatic rings. The summed E-state index contributed by atoms with van der Waals surface area (Å²) in [6.07, 6.45) is 0. The van der Waals surface area contributed by atoms with Crippen LogP contribution in [0, 0.1) is 5.82 Å². The number of nitrogens with zero attached hydrogens (tertiary/aromatic N) is 2. The Hall–Kier alpha value is -1.46. The van der Waals surface area contributed by atoms with Crippen molar-refractivity contribution in [3.8, 4) is 5.75 Å². The third-order valence-corrected chi connectivity index (χ3v) is 3.78. The van der Waals surface area contributed by atoms with Crippen molar-refractivity contribution in [1.82, 2.24) is 9.80 Å². The summed E-state index contributed by atoms with van der Waals surface area (Å²) in [4.78, 5) is 16.7. The van der Waals surface area contributed by atoms with Gasteiger partial charge < -0.3 is 9.64 Å². The number of hydrogen-bond donors (Lipinski definition) is 0. The Morgan fingerprint density at radius 3 is 2.85 bits per heavy atom. The first-order chi connectivity index (χ1) is 9.51. The zero-order chi connectivity index (χ0) is 14.7. The Labute approximate surface area is 119 Å². The van der Waals surface area contributed by atoms with Crippen molar-refractivity contribution < 1.29 is 13.9 Å². The van der Waals surface area contributed by atoms with Gasteiger partial charge in [-0.3, -0.25) is 9.69 Å². The molecule has 0 aliphatic carbocycles. The van der Waals surface area contributed by atoms with Crippen LogP contribution in [0.4, 0.5) is 4.39 Å². The topological polar surface area (TPSA) is 32.8 Å². The van der Waals surface area contributed by atoms with Crippen LogP contribution in [0.5, 0.6) is 5.75 Å². The van der Waals surface area contributed by atoms with Gasteiger partial charge in [0.05, 0.1) is 19.2 Å². The predicted molar refractivity (Wildman–Crippen MR) is 75.8 cm³/mol. The highest BCUT2D eigenvalue weighted by atomic mass is 19.1. The number of methoxy groups -OCH3 is 1. The van der Waals surface area contributed by atoms with E-state index in [1.807, 2.05) is 0 Å². The van der Waals surface area contributed by atoms with Crippen molar-refractivity contribution in [3.05, 3.63) is 29.6 Å². The molecule has 1 atom stereocenters. The van der Waals surface area contributed by atoms with Gasteiger partial charge in [0, 0.05) is 25.7 Å². The van der Waals surface area contributed by atoms with E-state index < -0.39 is 5.82 Å². The summed E-state index contributed by atoms with van der Waals surface area (Å²) in [5.74, 6) is -0.0866. The molecule has 1 saturated heterocycles. The van der Waals surface area contributed by atoms with Crippen LogP contribution in [0.15, 0.2) is 18.2 Å². The number of Topliss-reactive ketones (excluding diaryl/α,β-unsaturated/α-hetero) is 1. The largest absolute Gasteiger partial charge is 0.496 e. The summed E-state index contributed by atoms with van der Waals surface area (Å²) in [5, 5.41) is 0. The van der Waals surface area contributed by atoms with Crippen molar-refractivity contribution in [3.63, 3.8) is 0 Å². The molecule has 0 bridgehead atoms. The van der Waals surface area contributed by atoms with Gasteiger partial charge in [-0.25, -0.2) is 4.39 Å². The van der Waals surface area contributed by atoms with Crippen molar-refractivity contribution in [2.24, 2.45) is 0 Å². The Morgan fingerprint density at radius 1 is 1.45 bits per heavy atom. The summed E-state index contributed by atoms with van der Waals surface area (Å²) in [5.41, 5.74) is 0.318. The standard InChI is InChI=1S/C15H21FN2O2/c1-11-9-17(2)6-7-18(11)10-14(19)13-8-12(16)4-5-15(13)20-3/h4-5,8,11H,6-7,9-10H2,1-3H3. The van der Waals surface area contributed by atoms with Crippen molar-refractivity contribution in [2.75, 3.05) is 40.3 Å². The van der Waals surface area contributed by atoms with Crippen LogP contribution in [-0.2, 0) is 0 Å². The molecule has 1 aliphatic heterocycles. The van der Waals surface area contributed by atoms with Crippen LogP contribution in [-0.4, -0.2) is 62.0 Å². The minimum absolute atomic E-state index is 0.0993. The maximum Gasteiger partial charge on any atom is 0.180 e. The zero-order valence-corrected chi connectivity index (χ0v) is 12.2. The summed E-state index contributed by atoms with van der Waals surface area (Å²) in [7, 11) is 3.56. The van der Waals surface area contributed by atoms with E-state index in [-0.39, 0.29) is 5.78 Å². The number of hydrogen-bond acceptors (Lipinski definition) is 4. The molecule has 2 rings (SSSR count). The summed E-state index contributed by atoms with van der Waals surface area (Å²) in [6, 6.07) is 4.36. The van der Waals surface area contributed by atoms with Crippen LogP contribution in [0.3, 0.4) is 0 Å². The Morgan fingerprint density at radius 2 is 2.20 bits per heavy atom. The van der Waals surface area contributed by atoms with Crippen LogP contribution in [0.1, 0.15) is 17.3 Å². The van der Waals surface area contributed by atoms with Gasteiger partial charge in [-0.1, -0.05) is 0 Å². The molecule has 0 spiro atoms.